The predicted molar refractivity (Wildman–Crippen MR) is 97.1 cm³/mol. The van der Waals surface area contributed by atoms with Gasteiger partial charge in [-0.2, -0.15) is 0 Å². The van der Waals surface area contributed by atoms with Gasteiger partial charge in [0.15, 0.2) is 5.75 Å². The number of nitrogens with two attached hydrogens (primary N) is 1. The zero-order chi connectivity index (χ0) is 18.2. The third-order valence-electron chi connectivity index (χ3n) is 3.38. The monoisotopic (exact) mass is 345 g/mol. The Morgan fingerprint density at radius 2 is 1.92 bits per heavy atom. The van der Waals surface area contributed by atoms with E-state index in [-0.39, 0.29) is 5.91 Å². The van der Waals surface area contributed by atoms with Gasteiger partial charge in [-0.25, -0.2) is 4.79 Å². The van der Waals surface area contributed by atoms with Crippen molar-refractivity contribution in [3.05, 3.63) is 42.2 Å². The molecule has 0 saturated carbocycles. The van der Waals surface area contributed by atoms with Crippen LogP contribution in [0.2, 0.25) is 0 Å². The summed E-state index contributed by atoms with van der Waals surface area (Å²) < 4.78 is 5.82. The van der Waals surface area contributed by atoms with Gasteiger partial charge in [-0.15, -0.1) is 0 Å². The number of rotatable bonds is 8. The van der Waals surface area contributed by atoms with Crippen LogP contribution in [-0.4, -0.2) is 49.1 Å². The van der Waals surface area contributed by atoms with Gasteiger partial charge in [-0.1, -0.05) is 6.07 Å². The molecule has 2 aromatic rings. The van der Waals surface area contributed by atoms with Crippen LogP contribution in [0.1, 0.15) is 16.8 Å². The zero-order valence-corrected chi connectivity index (χ0v) is 14.3. The summed E-state index contributed by atoms with van der Waals surface area (Å²) in [6, 6.07) is 6.03. The molecule has 8 nitrogen and oxygen atoms in total. The highest BCUT2D eigenvalue weighted by molar-refractivity contribution is 6.05. The lowest BCUT2D eigenvalue weighted by molar-refractivity contribution is 0.102. The lowest BCUT2D eigenvalue weighted by atomic mass is 10.2. The Balaban J connectivity index is 2.18. The Morgan fingerprint density at radius 1 is 1.20 bits per heavy atom. The highest BCUT2D eigenvalue weighted by Crippen LogP contribution is 2.33. The summed E-state index contributed by atoms with van der Waals surface area (Å²) in [5.74, 6) is 0.0968. The first-order valence-corrected chi connectivity index (χ1v) is 7.88. The van der Waals surface area contributed by atoms with E-state index in [1.54, 1.807) is 36.7 Å². The van der Waals surface area contributed by atoms with E-state index in [9.17, 15) is 9.59 Å². The van der Waals surface area contributed by atoms with Gasteiger partial charge in [0, 0.05) is 18.9 Å². The normalized spacial score (nSPS) is 10.5. The Bertz CT molecular complexity index is 713. The summed E-state index contributed by atoms with van der Waals surface area (Å²) in [6.07, 6.45) is 4.06. The number of aromatic amines is 1. The Hall–Kier alpha value is -3.00. The van der Waals surface area contributed by atoms with Crippen molar-refractivity contribution < 1.29 is 14.3 Å². The average Bonchev–Trinajstić information content (AvgIpc) is 3.07. The summed E-state index contributed by atoms with van der Waals surface area (Å²) in [6.45, 7) is 1.29. The van der Waals surface area contributed by atoms with Gasteiger partial charge in [0.2, 0.25) is 0 Å². The van der Waals surface area contributed by atoms with Crippen LogP contribution in [0.15, 0.2) is 36.7 Å². The topological polar surface area (TPSA) is 112 Å². The molecule has 3 amide bonds. The van der Waals surface area contributed by atoms with Gasteiger partial charge < -0.3 is 31.0 Å². The molecular weight excluding hydrogens is 322 g/mol. The number of para-hydroxylation sites is 1. The van der Waals surface area contributed by atoms with E-state index in [1.165, 1.54) is 0 Å². The second-order valence-corrected chi connectivity index (χ2v) is 5.73. The van der Waals surface area contributed by atoms with Gasteiger partial charge in [0.25, 0.3) is 5.91 Å². The minimum atomic E-state index is -0.702. The number of hydrogen-bond donors (Lipinski definition) is 4. The highest BCUT2D eigenvalue weighted by atomic mass is 16.5. The molecule has 0 aliphatic heterocycles. The van der Waals surface area contributed by atoms with E-state index in [0.29, 0.717) is 29.3 Å². The van der Waals surface area contributed by atoms with Gasteiger partial charge in [-0.05, 0) is 38.7 Å². The number of urea groups is 1. The van der Waals surface area contributed by atoms with E-state index < -0.39 is 6.03 Å². The van der Waals surface area contributed by atoms with Crippen molar-refractivity contribution in [2.75, 3.05) is 37.9 Å². The fourth-order valence-electron chi connectivity index (χ4n) is 2.24. The van der Waals surface area contributed by atoms with Gasteiger partial charge >= 0.3 is 6.03 Å². The maximum atomic E-state index is 12.3. The van der Waals surface area contributed by atoms with E-state index in [1.807, 2.05) is 19.0 Å². The molecule has 134 valence electrons. The lowest BCUT2D eigenvalue weighted by Gasteiger charge is -2.17. The minimum Gasteiger partial charge on any atom is -0.489 e. The molecule has 0 aliphatic rings. The van der Waals surface area contributed by atoms with Gasteiger partial charge in [0.1, 0.15) is 0 Å². The highest BCUT2D eigenvalue weighted by Gasteiger charge is 2.15. The summed E-state index contributed by atoms with van der Waals surface area (Å²) in [5, 5.41) is 5.31. The lowest BCUT2D eigenvalue weighted by Crippen LogP contribution is -2.21. The molecule has 2 rings (SSSR count). The van der Waals surface area contributed by atoms with Crippen molar-refractivity contribution in [1.82, 2.24) is 9.88 Å². The predicted octanol–water partition coefficient (Wildman–Crippen LogP) is 2.09. The van der Waals surface area contributed by atoms with E-state index >= 15 is 0 Å². The number of carbonyl (C=O) groups excluding carboxylic acids is 2. The fraction of sp³-hybridized carbons (Fsp3) is 0.294. The molecule has 25 heavy (non-hydrogen) atoms. The van der Waals surface area contributed by atoms with Crippen LogP contribution in [0.25, 0.3) is 0 Å². The summed E-state index contributed by atoms with van der Waals surface area (Å²) in [4.78, 5) is 28.4. The zero-order valence-electron chi connectivity index (χ0n) is 14.3. The first-order chi connectivity index (χ1) is 12.0. The standard InChI is InChI=1S/C17H23N5O3/c1-22(2)9-4-10-25-15-13(5-3-6-14(15)21-17(18)24)20-16(23)12-7-8-19-11-12/h3,5-8,11,19H,4,9-10H2,1-2H3,(H,20,23)(H3,18,21,24). The molecule has 0 fully saturated rings. The molecule has 0 spiro atoms. The van der Waals surface area contributed by atoms with Crippen molar-refractivity contribution in [3.8, 4) is 5.75 Å². The molecule has 8 heteroatoms. The summed E-state index contributed by atoms with van der Waals surface area (Å²) in [7, 11) is 3.95. The summed E-state index contributed by atoms with van der Waals surface area (Å²) in [5.41, 5.74) is 6.57. The van der Waals surface area contributed by atoms with Crippen molar-refractivity contribution in [1.29, 1.82) is 0 Å². The van der Waals surface area contributed by atoms with Crippen LogP contribution in [0.3, 0.4) is 0 Å². The third kappa shape index (κ3) is 5.54. The van der Waals surface area contributed by atoms with E-state index in [4.69, 9.17) is 10.5 Å². The van der Waals surface area contributed by atoms with Crippen LogP contribution in [0, 0.1) is 0 Å². The number of hydrogen-bond acceptors (Lipinski definition) is 4. The van der Waals surface area contributed by atoms with Crippen LogP contribution in [-0.2, 0) is 0 Å². The van der Waals surface area contributed by atoms with Crippen LogP contribution in [0.5, 0.6) is 5.75 Å². The van der Waals surface area contributed by atoms with Crippen LogP contribution >= 0.6 is 0 Å². The first-order valence-electron chi connectivity index (χ1n) is 7.88. The average molecular weight is 345 g/mol. The molecule has 0 unspecified atom stereocenters. The fourth-order valence-corrected chi connectivity index (χ4v) is 2.24. The van der Waals surface area contributed by atoms with Crippen molar-refractivity contribution in [2.45, 2.75) is 6.42 Å². The molecule has 1 heterocycles. The molecule has 1 aromatic carbocycles. The number of nitrogens with zero attached hydrogens (tertiary/aromatic N) is 1. The Morgan fingerprint density at radius 3 is 2.52 bits per heavy atom. The largest absolute Gasteiger partial charge is 0.489 e. The quantitative estimate of drug-likeness (QED) is 0.549. The molecule has 0 saturated heterocycles. The molecule has 0 atom stereocenters. The van der Waals surface area contributed by atoms with Crippen LogP contribution in [0.4, 0.5) is 16.2 Å². The summed E-state index contributed by atoms with van der Waals surface area (Å²) >= 11 is 0. The number of H-pyrrole nitrogens is 1. The molecule has 5 N–H and O–H groups in total. The number of nitrogens with one attached hydrogen (secondary N) is 3. The minimum absolute atomic E-state index is 0.282. The molecular formula is C17H23N5O3. The SMILES string of the molecule is CN(C)CCCOc1c(NC(N)=O)cccc1NC(=O)c1cc[nH]c1. The Labute approximate surface area is 146 Å². The van der Waals surface area contributed by atoms with E-state index in [2.05, 4.69) is 15.6 Å². The van der Waals surface area contributed by atoms with Crippen molar-refractivity contribution in [2.24, 2.45) is 5.73 Å². The number of amides is 3. The maximum absolute atomic E-state index is 12.3. The number of benzene rings is 1. The number of carbonyl (C=O) groups is 2. The number of primary amides is 1. The van der Waals surface area contributed by atoms with Crippen molar-refractivity contribution in [3.63, 3.8) is 0 Å². The smallest absolute Gasteiger partial charge is 0.316 e. The van der Waals surface area contributed by atoms with Crippen LogP contribution < -0.4 is 21.1 Å². The van der Waals surface area contributed by atoms with Gasteiger partial charge in [-0.3, -0.25) is 4.79 Å². The second-order valence-electron chi connectivity index (χ2n) is 5.73. The molecule has 0 radical (unpaired) electrons. The second kappa shape index (κ2) is 8.74. The molecule has 0 bridgehead atoms. The van der Waals surface area contributed by atoms with E-state index in [0.717, 1.165) is 13.0 Å². The van der Waals surface area contributed by atoms with Gasteiger partial charge in [0.05, 0.1) is 23.5 Å². The Kier molecular flexibility index (Phi) is 6.41. The maximum Gasteiger partial charge on any atom is 0.316 e. The number of ether oxygens (including phenoxy) is 1. The number of aromatic nitrogens is 1. The van der Waals surface area contributed by atoms with Crippen molar-refractivity contribution >= 4 is 23.3 Å². The first kappa shape index (κ1) is 18.3. The molecule has 1 aromatic heterocycles. The molecule has 0 aliphatic carbocycles. The third-order valence-corrected chi connectivity index (χ3v) is 3.38. The number of anilines is 2.